The van der Waals surface area contributed by atoms with E-state index < -0.39 is 0 Å². The Morgan fingerprint density at radius 3 is 2.88 bits per heavy atom. The summed E-state index contributed by atoms with van der Waals surface area (Å²) in [6, 6.07) is 10.2. The summed E-state index contributed by atoms with van der Waals surface area (Å²) in [5.41, 5.74) is 3.20. The van der Waals surface area contributed by atoms with Crippen LogP contribution in [0.2, 0.25) is 0 Å². The predicted molar refractivity (Wildman–Crippen MR) is 103 cm³/mol. The fourth-order valence-electron chi connectivity index (χ4n) is 2.92. The topological polar surface area (TPSA) is 80.3 Å². The lowest BCUT2D eigenvalue weighted by Crippen LogP contribution is -2.37. The zero-order valence-electron chi connectivity index (χ0n) is 15.6. The molecule has 3 rings (SSSR count). The van der Waals surface area contributed by atoms with Crippen molar-refractivity contribution in [3.8, 4) is 0 Å². The van der Waals surface area contributed by atoms with Gasteiger partial charge in [-0.2, -0.15) is 0 Å². The lowest BCUT2D eigenvalue weighted by molar-refractivity contribution is 0.374. The van der Waals surface area contributed by atoms with E-state index in [4.69, 9.17) is 4.52 Å². The van der Waals surface area contributed by atoms with Crippen LogP contribution in [0.3, 0.4) is 0 Å². The summed E-state index contributed by atoms with van der Waals surface area (Å²) in [4.78, 5) is 8.85. The molecule has 0 saturated heterocycles. The molecule has 3 aromatic rings. The number of imidazole rings is 1. The zero-order valence-corrected chi connectivity index (χ0v) is 15.6. The Balaban J connectivity index is 1.46. The van der Waals surface area contributed by atoms with E-state index in [1.807, 2.05) is 12.1 Å². The van der Waals surface area contributed by atoms with Gasteiger partial charge in [-0.05, 0) is 31.9 Å². The number of aryl methyl sites for hydroxylation is 3. The Bertz CT molecular complexity index is 879. The van der Waals surface area contributed by atoms with Gasteiger partial charge >= 0.3 is 0 Å². The van der Waals surface area contributed by atoms with Crippen molar-refractivity contribution in [2.45, 2.75) is 39.8 Å². The minimum atomic E-state index is 0.567. The Hall–Kier alpha value is -2.83. The van der Waals surface area contributed by atoms with Crippen molar-refractivity contribution in [3.05, 3.63) is 47.6 Å². The zero-order chi connectivity index (χ0) is 18.4. The maximum Gasteiger partial charge on any atom is 0.191 e. The molecule has 2 N–H and O–H groups in total. The lowest BCUT2D eigenvalue weighted by Gasteiger charge is -2.11. The standard InChI is InChI=1S/C19H26N6O/c1-4-15-12-16(26-24-15)13-22-19(20-3)21-10-7-11-25-14(2)23-17-8-5-6-9-18(17)25/h5-6,8-9,12H,4,7,10-11,13H2,1-3H3,(H2,20,21,22). The van der Waals surface area contributed by atoms with E-state index in [2.05, 4.69) is 62.4 Å². The molecule has 0 bridgehead atoms. The van der Waals surface area contributed by atoms with Crippen LogP contribution in [0.1, 0.15) is 30.6 Å². The highest BCUT2D eigenvalue weighted by molar-refractivity contribution is 5.79. The third-order valence-corrected chi connectivity index (χ3v) is 4.32. The quantitative estimate of drug-likeness (QED) is 0.387. The summed E-state index contributed by atoms with van der Waals surface area (Å²) in [6.45, 7) is 6.41. The Kier molecular flexibility index (Phi) is 5.88. The highest BCUT2D eigenvalue weighted by atomic mass is 16.5. The first-order chi connectivity index (χ1) is 12.7. The minimum Gasteiger partial charge on any atom is -0.359 e. The number of benzene rings is 1. The molecule has 2 heterocycles. The highest BCUT2D eigenvalue weighted by Crippen LogP contribution is 2.15. The molecule has 2 aromatic heterocycles. The van der Waals surface area contributed by atoms with Crippen molar-refractivity contribution >= 4 is 17.0 Å². The summed E-state index contributed by atoms with van der Waals surface area (Å²) in [7, 11) is 1.76. The van der Waals surface area contributed by atoms with Crippen LogP contribution in [0.25, 0.3) is 11.0 Å². The summed E-state index contributed by atoms with van der Waals surface area (Å²) in [5.74, 6) is 2.61. The number of aliphatic imine (C=N–C) groups is 1. The molecule has 0 amide bonds. The molecule has 138 valence electrons. The van der Waals surface area contributed by atoms with E-state index in [9.17, 15) is 0 Å². The second kappa shape index (κ2) is 8.51. The molecule has 26 heavy (non-hydrogen) atoms. The van der Waals surface area contributed by atoms with Gasteiger partial charge < -0.3 is 19.7 Å². The monoisotopic (exact) mass is 354 g/mol. The molecule has 0 unspecified atom stereocenters. The molecule has 0 saturated carbocycles. The maximum atomic E-state index is 5.27. The van der Waals surface area contributed by atoms with Gasteiger partial charge in [0.2, 0.25) is 0 Å². The van der Waals surface area contributed by atoms with Gasteiger partial charge in [0.05, 0.1) is 23.3 Å². The van der Waals surface area contributed by atoms with Crippen LogP contribution in [0.4, 0.5) is 0 Å². The van der Waals surface area contributed by atoms with Gasteiger partial charge in [0.1, 0.15) is 5.82 Å². The Morgan fingerprint density at radius 2 is 2.12 bits per heavy atom. The normalized spacial score (nSPS) is 11.9. The van der Waals surface area contributed by atoms with Crippen LogP contribution in [-0.4, -0.2) is 34.3 Å². The number of hydrogen-bond acceptors (Lipinski definition) is 4. The maximum absolute atomic E-state index is 5.27. The van der Waals surface area contributed by atoms with E-state index in [1.54, 1.807) is 7.05 Å². The molecular weight excluding hydrogens is 328 g/mol. The fourth-order valence-corrected chi connectivity index (χ4v) is 2.92. The molecule has 0 fully saturated rings. The fraction of sp³-hybridized carbons (Fsp3) is 0.421. The largest absolute Gasteiger partial charge is 0.359 e. The molecule has 7 nitrogen and oxygen atoms in total. The van der Waals surface area contributed by atoms with Gasteiger partial charge in [-0.25, -0.2) is 4.98 Å². The van der Waals surface area contributed by atoms with Crippen molar-refractivity contribution in [1.82, 2.24) is 25.3 Å². The predicted octanol–water partition coefficient (Wildman–Crippen LogP) is 2.65. The number of nitrogens with one attached hydrogen (secondary N) is 2. The van der Waals surface area contributed by atoms with Gasteiger partial charge in [0.25, 0.3) is 0 Å². The van der Waals surface area contributed by atoms with Crippen LogP contribution in [0.15, 0.2) is 39.8 Å². The SMILES string of the molecule is CCc1cc(CNC(=NC)NCCCn2c(C)nc3ccccc32)on1. The molecule has 0 aliphatic rings. The van der Waals surface area contributed by atoms with E-state index in [0.29, 0.717) is 6.54 Å². The number of fused-ring (bicyclic) bond motifs is 1. The van der Waals surface area contributed by atoms with Gasteiger partial charge in [0.15, 0.2) is 11.7 Å². The highest BCUT2D eigenvalue weighted by Gasteiger charge is 2.07. The van der Waals surface area contributed by atoms with Gasteiger partial charge in [0, 0.05) is 26.2 Å². The number of rotatable bonds is 7. The molecule has 0 radical (unpaired) electrons. The first-order valence-corrected chi connectivity index (χ1v) is 9.02. The summed E-state index contributed by atoms with van der Waals surface area (Å²) in [5, 5.41) is 10.6. The molecular formula is C19H26N6O. The van der Waals surface area contributed by atoms with Gasteiger partial charge in [-0.15, -0.1) is 0 Å². The van der Waals surface area contributed by atoms with Crippen LogP contribution < -0.4 is 10.6 Å². The second-order valence-electron chi connectivity index (χ2n) is 6.14. The Morgan fingerprint density at radius 1 is 1.27 bits per heavy atom. The van der Waals surface area contributed by atoms with Crippen molar-refractivity contribution in [3.63, 3.8) is 0 Å². The molecule has 0 aliphatic carbocycles. The summed E-state index contributed by atoms with van der Waals surface area (Å²) >= 11 is 0. The summed E-state index contributed by atoms with van der Waals surface area (Å²) in [6.07, 6.45) is 1.85. The third-order valence-electron chi connectivity index (χ3n) is 4.32. The van der Waals surface area contributed by atoms with Crippen molar-refractivity contribution in [2.24, 2.45) is 4.99 Å². The number of hydrogen-bond donors (Lipinski definition) is 2. The van der Waals surface area contributed by atoms with Crippen LogP contribution in [-0.2, 0) is 19.5 Å². The molecule has 0 aliphatic heterocycles. The van der Waals surface area contributed by atoms with Gasteiger partial charge in [-0.3, -0.25) is 4.99 Å². The number of aromatic nitrogens is 3. The van der Waals surface area contributed by atoms with E-state index in [0.717, 1.165) is 54.7 Å². The smallest absolute Gasteiger partial charge is 0.191 e. The van der Waals surface area contributed by atoms with Gasteiger partial charge in [-0.1, -0.05) is 24.2 Å². The van der Waals surface area contributed by atoms with Crippen LogP contribution >= 0.6 is 0 Å². The minimum absolute atomic E-state index is 0.567. The molecule has 7 heteroatoms. The van der Waals surface area contributed by atoms with Crippen molar-refractivity contribution < 1.29 is 4.52 Å². The third kappa shape index (κ3) is 4.22. The van der Waals surface area contributed by atoms with Crippen molar-refractivity contribution in [2.75, 3.05) is 13.6 Å². The number of nitrogens with zero attached hydrogens (tertiary/aromatic N) is 4. The Labute approximate surface area is 153 Å². The average molecular weight is 354 g/mol. The van der Waals surface area contributed by atoms with E-state index in [-0.39, 0.29) is 0 Å². The summed E-state index contributed by atoms with van der Waals surface area (Å²) < 4.78 is 7.53. The van der Waals surface area contributed by atoms with Crippen LogP contribution in [0.5, 0.6) is 0 Å². The molecule has 0 spiro atoms. The molecule has 0 atom stereocenters. The lowest BCUT2D eigenvalue weighted by atomic mass is 10.3. The number of guanidine groups is 1. The first kappa shape index (κ1) is 18.0. The number of para-hydroxylation sites is 2. The average Bonchev–Trinajstić information content (AvgIpc) is 3.25. The molecule has 1 aromatic carbocycles. The van der Waals surface area contributed by atoms with E-state index in [1.165, 1.54) is 5.52 Å². The second-order valence-corrected chi connectivity index (χ2v) is 6.14. The first-order valence-electron chi connectivity index (χ1n) is 9.02. The van der Waals surface area contributed by atoms with Crippen LogP contribution in [0, 0.1) is 6.92 Å². The van der Waals surface area contributed by atoms with E-state index >= 15 is 0 Å². The van der Waals surface area contributed by atoms with Crippen molar-refractivity contribution in [1.29, 1.82) is 0 Å².